The Balaban J connectivity index is 2.16. The van der Waals surface area contributed by atoms with Gasteiger partial charge in [-0.1, -0.05) is 6.92 Å². The maximum absolute atomic E-state index is 5.62. The van der Waals surface area contributed by atoms with Crippen molar-refractivity contribution >= 4 is 11.3 Å². The van der Waals surface area contributed by atoms with E-state index in [-0.39, 0.29) is 0 Å². The summed E-state index contributed by atoms with van der Waals surface area (Å²) < 4.78 is 5.62. The van der Waals surface area contributed by atoms with E-state index in [0.717, 1.165) is 32.8 Å². The van der Waals surface area contributed by atoms with Crippen LogP contribution in [0.15, 0.2) is 12.1 Å². The van der Waals surface area contributed by atoms with Crippen LogP contribution in [0.25, 0.3) is 0 Å². The molecule has 1 heterocycles. The number of nitrogens with zero attached hydrogens (tertiary/aromatic N) is 1. The van der Waals surface area contributed by atoms with Gasteiger partial charge in [0.15, 0.2) is 0 Å². The lowest BCUT2D eigenvalue weighted by Gasteiger charge is -2.08. The Hall–Kier alpha value is -0.420. The minimum absolute atomic E-state index is 0.742. The van der Waals surface area contributed by atoms with Crippen molar-refractivity contribution in [3.8, 4) is 0 Å². The molecule has 0 fully saturated rings. The molecule has 0 aromatic carbocycles. The first kappa shape index (κ1) is 14.6. The number of rotatable bonds is 9. The molecule has 98 valence electrons. The second kappa shape index (κ2) is 8.64. The van der Waals surface area contributed by atoms with Gasteiger partial charge in [0.05, 0.1) is 13.2 Å². The van der Waals surface area contributed by atoms with Gasteiger partial charge in [-0.15, -0.1) is 11.3 Å². The lowest BCUT2D eigenvalue weighted by atomic mass is 10.4. The van der Waals surface area contributed by atoms with Crippen molar-refractivity contribution in [1.82, 2.24) is 10.2 Å². The monoisotopic (exact) mass is 256 g/mol. The molecule has 1 N–H and O–H groups in total. The highest BCUT2D eigenvalue weighted by molar-refractivity contribution is 7.11. The third-order valence-electron chi connectivity index (χ3n) is 2.37. The Morgan fingerprint density at radius 1 is 1.29 bits per heavy atom. The van der Waals surface area contributed by atoms with Gasteiger partial charge in [0.2, 0.25) is 0 Å². The summed E-state index contributed by atoms with van der Waals surface area (Å²) >= 11 is 1.84. The lowest BCUT2D eigenvalue weighted by molar-refractivity contribution is 0.107. The molecule has 0 bridgehead atoms. The Bertz CT molecular complexity index is 299. The maximum atomic E-state index is 5.62. The van der Waals surface area contributed by atoms with E-state index < -0.39 is 0 Å². The quantitative estimate of drug-likeness (QED) is 0.686. The van der Waals surface area contributed by atoms with Crippen molar-refractivity contribution in [2.45, 2.75) is 26.5 Å². The second-order valence-corrected chi connectivity index (χ2v) is 5.65. The number of nitrogens with one attached hydrogen (secondary N) is 1. The van der Waals surface area contributed by atoms with Crippen LogP contribution in [-0.4, -0.2) is 38.7 Å². The summed E-state index contributed by atoms with van der Waals surface area (Å²) in [6, 6.07) is 4.36. The predicted molar refractivity (Wildman–Crippen MR) is 74.5 cm³/mol. The Labute approximate surface area is 109 Å². The molecule has 0 saturated heterocycles. The summed E-state index contributed by atoms with van der Waals surface area (Å²) in [5.41, 5.74) is 0. The van der Waals surface area contributed by atoms with Crippen LogP contribution >= 0.6 is 11.3 Å². The largest absolute Gasteiger partial charge is 0.375 e. The lowest BCUT2D eigenvalue weighted by Crippen LogP contribution is -2.17. The normalized spacial score (nSPS) is 11.3. The van der Waals surface area contributed by atoms with Gasteiger partial charge >= 0.3 is 0 Å². The van der Waals surface area contributed by atoms with Crippen molar-refractivity contribution in [2.75, 3.05) is 33.8 Å². The summed E-state index contributed by atoms with van der Waals surface area (Å²) in [7, 11) is 4.12. The third-order valence-corrected chi connectivity index (χ3v) is 3.43. The van der Waals surface area contributed by atoms with Crippen LogP contribution in [0.5, 0.6) is 0 Å². The summed E-state index contributed by atoms with van der Waals surface area (Å²) in [5, 5.41) is 3.41. The first-order chi connectivity index (χ1) is 8.22. The smallest absolute Gasteiger partial charge is 0.0810 e. The SMILES string of the molecule is CCCNCc1ccc(COCCN(C)C)s1. The molecule has 0 unspecified atom stereocenters. The topological polar surface area (TPSA) is 24.5 Å². The van der Waals surface area contributed by atoms with E-state index in [2.05, 4.69) is 43.4 Å². The van der Waals surface area contributed by atoms with Gasteiger partial charge in [0.1, 0.15) is 0 Å². The zero-order valence-electron chi connectivity index (χ0n) is 11.2. The van der Waals surface area contributed by atoms with Crippen molar-refractivity contribution in [1.29, 1.82) is 0 Å². The molecule has 0 atom stereocenters. The highest BCUT2D eigenvalue weighted by Crippen LogP contribution is 2.17. The van der Waals surface area contributed by atoms with Gasteiger partial charge in [-0.2, -0.15) is 0 Å². The van der Waals surface area contributed by atoms with E-state index >= 15 is 0 Å². The van der Waals surface area contributed by atoms with Crippen molar-refractivity contribution < 1.29 is 4.74 Å². The third kappa shape index (κ3) is 6.78. The predicted octanol–water partition coefficient (Wildman–Crippen LogP) is 2.33. The minimum Gasteiger partial charge on any atom is -0.375 e. The maximum Gasteiger partial charge on any atom is 0.0810 e. The van der Waals surface area contributed by atoms with E-state index in [1.54, 1.807) is 0 Å². The molecule has 1 aromatic rings. The summed E-state index contributed by atoms with van der Waals surface area (Å²) in [6.45, 7) is 6.78. The molecule has 4 heteroatoms. The molecule has 1 aromatic heterocycles. The fourth-order valence-electron chi connectivity index (χ4n) is 1.40. The van der Waals surface area contributed by atoms with Gasteiger partial charge < -0.3 is 15.0 Å². The Morgan fingerprint density at radius 3 is 2.76 bits per heavy atom. The molecule has 17 heavy (non-hydrogen) atoms. The summed E-state index contributed by atoms with van der Waals surface area (Å²) in [6.07, 6.45) is 1.19. The Morgan fingerprint density at radius 2 is 2.06 bits per heavy atom. The Kier molecular flexibility index (Phi) is 7.44. The molecule has 0 amide bonds. The standard InChI is InChI=1S/C13H24N2OS/c1-4-7-14-10-12-5-6-13(17-12)11-16-9-8-15(2)3/h5-6,14H,4,7-11H2,1-3H3. The number of hydrogen-bond acceptors (Lipinski definition) is 4. The zero-order chi connectivity index (χ0) is 12.5. The molecule has 3 nitrogen and oxygen atoms in total. The minimum atomic E-state index is 0.742. The van der Waals surface area contributed by atoms with Crippen molar-refractivity contribution in [3.63, 3.8) is 0 Å². The highest BCUT2D eigenvalue weighted by Gasteiger charge is 2.00. The second-order valence-electron chi connectivity index (χ2n) is 4.40. The fourth-order valence-corrected chi connectivity index (χ4v) is 2.33. The van der Waals surface area contributed by atoms with Crippen LogP contribution in [0.2, 0.25) is 0 Å². The number of ether oxygens (including phenoxy) is 1. The van der Waals surface area contributed by atoms with E-state index in [4.69, 9.17) is 4.74 Å². The molecule has 0 saturated carbocycles. The first-order valence-electron chi connectivity index (χ1n) is 6.23. The van der Waals surface area contributed by atoms with Crippen molar-refractivity contribution in [3.05, 3.63) is 21.9 Å². The fraction of sp³-hybridized carbons (Fsp3) is 0.692. The van der Waals surface area contributed by atoms with E-state index in [9.17, 15) is 0 Å². The number of thiophene rings is 1. The first-order valence-corrected chi connectivity index (χ1v) is 7.04. The zero-order valence-corrected chi connectivity index (χ0v) is 12.0. The van der Waals surface area contributed by atoms with Gasteiger partial charge in [0, 0.05) is 22.8 Å². The molecule has 0 aliphatic carbocycles. The molecule has 0 radical (unpaired) electrons. The number of hydrogen-bond donors (Lipinski definition) is 1. The van der Waals surface area contributed by atoms with E-state index in [1.807, 2.05) is 11.3 Å². The van der Waals surface area contributed by atoms with Gasteiger partial charge in [-0.05, 0) is 39.2 Å². The van der Waals surface area contributed by atoms with Crippen LogP contribution in [-0.2, 0) is 17.9 Å². The molecule has 0 aliphatic rings. The molecule has 0 spiro atoms. The van der Waals surface area contributed by atoms with Crippen LogP contribution in [0, 0.1) is 0 Å². The average Bonchev–Trinajstić information content (AvgIpc) is 2.73. The average molecular weight is 256 g/mol. The van der Waals surface area contributed by atoms with Crippen LogP contribution in [0.1, 0.15) is 23.1 Å². The van der Waals surface area contributed by atoms with E-state index in [1.165, 1.54) is 16.2 Å². The molecular formula is C13H24N2OS. The van der Waals surface area contributed by atoms with E-state index in [0.29, 0.717) is 0 Å². The summed E-state index contributed by atoms with van der Waals surface area (Å²) in [4.78, 5) is 4.84. The number of likely N-dealkylation sites (N-methyl/N-ethyl adjacent to an activating group) is 1. The van der Waals surface area contributed by atoms with Gasteiger partial charge in [0.25, 0.3) is 0 Å². The molecule has 1 rings (SSSR count). The summed E-state index contributed by atoms with van der Waals surface area (Å²) in [5.74, 6) is 0. The molecular weight excluding hydrogens is 232 g/mol. The van der Waals surface area contributed by atoms with Crippen molar-refractivity contribution in [2.24, 2.45) is 0 Å². The van der Waals surface area contributed by atoms with Gasteiger partial charge in [-0.25, -0.2) is 0 Å². The van der Waals surface area contributed by atoms with Crippen LogP contribution in [0.4, 0.5) is 0 Å². The van der Waals surface area contributed by atoms with Crippen LogP contribution < -0.4 is 5.32 Å². The molecule has 0 aliphatic heterocycles. The highest BCUT2D eigenvalue weighted by atomic mass is 32.1. The van der Waals surface area contributed by atoms with Gasteiger partial charge in [-0.3, -0.25) is 0 Å². The van der Waals surface area contributed by atoms with Crippen LogP contribution in [0.3, 0.4) is 0 Å².